The Morgan fingerprint density at radius 2 is 1.60 bits per heavy atom. The van der Waals surface area contributed by atoms with Gasteiger partial charge < -0.3 is 4.74 Å². The van der Waals surface area contributed by atoms with Crippen molar-refractivity contribution in [2.75, 3.05) is 0 Å². The molecule has 1 aliphatic heterocycles. The van der Waals surface area contributed by atoms with Crippen molar-refractivity contribution in [3.63, 3.8) is 0 Å². The second kappa shape index (κ2) is 10.1. The van der Waals surface area contributed by atoms with E-state index in [1.165, 1.54) is 4.90 Å². The summed E-state index contributed by atoms with van der Waals surface area (Å²) in [7, 11) is 0. The molecule has 1 aliphatic rings. The Morgan fingerprint density at radius 1 is 0.886 bits per heavy atom. The molecule has 7 heteroatoms. The second-order valence-corrected chi connectivity index (χ2v) is 10.00. The molecule has 35 heavy (non-hydrogen) atoms. The maximum atomic E-state index is 13.0. The van der Waals surface area contributed by atoms with E-state index in [1.54, 1.807) is 42.5 Å². The van der Waals surface area contributed by atoms with Crippen molar-refractivity contribution in [2.45, 2.75) is 6.54 Å². The number of carbonyl (C=O) groups excluding carboxylic acids is 3. The summed E-state index contributed by atoms with van der Waals surface area (Å²) in [5.74, 6) is -0.352. The number of fused-ring (bicyclic) bond motifs is 1. The van der Waals surface area contributed by atoms with Crippen molar-refractivity contribution in [2.24, 2.45) is 0 Å². The maximum absolute atomic E-state index is 13.0. The molecule has 5 nitrogen and oxygen atoms in total. The number of esters is 1. The number of nitrogens with zero attached hydrogens (tertiary/aromatic N) is 1. The molecule has 0 N–H and O–H groups in total. The Labute approximate surface area is 219 Å². The van der Waals surface area contributed by atoms with Crippen LogP contribution in [-0.2, 0) is 11.3 Å². The highest BCUT2D eigenvalue weighted by Gasteiger charge is 2.35. The van der Waals surface area contributed by atoms with Gasteiger partial charge in [0.25, 0.3) is 11.1 Å². The third kappa shape index (κ3) is 5.01. The molecule has 0 saturated carbocycles. The standard InChI is InChI=1S/C28H18INO4S/c29-24-11-4-3-10-23(24)27(32)34-21-14-12-18(13-15-21)16-25-26(31)30(28(33)35-25)17-20-8-5-7-19-6-1-2-9-22(19)20/h1-16H,17H2/b25-16-. The van der Waals surface area contributed by atoms with Crippen LogP contribution in [0.25, 0.3) is 16.8 Å². The summed E-state index contributed by atoms with van der Waals surface area (Å²) < 4.78 is 6.28. The van der Waals surface area contributed by atoms with Crippen LogP contribution in [0.5, 0.6) is 5.75 Å². The lowest BCUT2D eigenvalue weighted by Gasteiger charge is -2.14. The second-order valence-electron chi connectivity index (χ2n) is 7.84. The average molecular weight is 591 g/mol. The molecule has 172 valence electrons. The van der Waals surface area contributed by atoms with E-state index in [0.29, 0.717) is 16.2 Å². The van der Waals surface area contributed by atoms with Gasteiger partial charge in [0.15, 0.2) is 0 Å². The molecule has 0 aliphatic carbocycles. The van der Waals surface area contributed by atoms with Crippen molar-refractivity contribution in [1.82, 2.24) is 4.90 Å². The minimum Gasteiger partial charge on any atom is -0.423 e. The monoisotopic (exact) mass is 591 g/mol. The molecule has 0 bridgehead atoms. The van der Waals surface area contributed by atoms with E-state index in [4.69, 9.17) is 4.74 Å². The zero-order valence-electron chi connectivity index (χ0n) is 18.3. The largest absolute Gasteiger partial charge is 0.423 e. The molecule has 4 aromatic rings. The number of benzene rings is 4. The van der Waals surface area contributed by atoms with Crippen LogP contribution >= 0.6 is 34.4 Å². The number of amides is 2. The number of imide groups is 1. The molecule has 0 spiro atoms. The highest BCUT2D eigenvalue weighted by Crippen LogP contribution is 2.34. The van der Waals surface area contributed by atoms with E-state index in [-0.39, 0.29) is 17.7 Å². The van der Waals surface area contributed by atoms with Gasteiger partial charge >= 0.3 is 5.97 Å². The predicted octanol–water partition coefficient (Wildman–Crippen LogP) is 6.90. The lowest BCUT2D eigenvalue weighted by Crippen LogP contribution is -2.27. The Balaban J connectivity index is 1.30. The van der Waals surface area contributed by atoms with Gasteiger partial charge in [0, 0.05) is 3.57 Å². The minimum atomic E-state index is -0.433. The number of halogens is 1. The minimum absolute atomic E-state index is 0.219. The normalized spacial score (nSPS) is 14.7. The van der Waals surface area contributed by atoms with Gasteiger partial charge in [-0.3, -0.25) is 14.5 Å². The first kappa shape index (κ1) is 23.3. The van der Waals surface area contributed by atoms with Crippen molar-refractivity contribution in [3.8, 4) is 5.75 Å². The third-order valence-electron chi connectivity index (χ3n) is 5.56. The van der Waals surface area contributed by atoms with E-state index in [2.05, 4.69) is 22.6 Å². The van der Waals surface area contributed by atoms with Crippen molar-refractivity contribution in [3.05, 3.63) is 116 Å². The molecule has 5 rings (SSSR count). The zero-order chi connectivity index (χ0) is 24.4. The number of hydrogen-bond donors (Lipinski definition) is 0. The van der Waals surface area contributed by atoms with E-state index in [9.17, 15) is 14.4 Å². The fourth-order valence-electron chi connectivity index (χ4n) is 3.81. The van der Waals surface area contributed by atoms with Gasteiger partial charge in [0.2, 0.25) is 0 Å². The summed E-state index contributed by atoms with van der Waals surface area (Å²) >= 11 is 3.02. The maximum Gasteiger partial charge on any atom is 0.344 e. The van der Waals surface area contributed by atoms with Crippen molar-refractivity contribution >= 4 is 68.3 Å². The molecule has 0 atom stereocenters. The summed E-state index contributed by atoms with van der Waals surface area (Å²) in [6, 6.07) is 27.8. The van der Waals surface area contributed by atoms with Crippen LogP contribution in [0.4, 0.5) is 4.79 Å². The van der Waals surface area contributed by atoms with E-state index in [1.807, 2.05) is 54.6 Å². The summed E-state index contributed by atoms with van der Waals surface area (Å²) in [6.07, 6.45) is 1.68. The quantitative estimate of drug-likeness (QED) is 0.109. The summed E-state index contributed by atoms with van der Waals surface area (Å²) in [5.41, 5.74) is 2.15. The highest BCUT2D eigenvalue weighted by molar-refractivity contribution is 14.1. The lowest BCUT2D eigenvalue weighted by molar-refractivity contribution is -0.123. The van der Waals surface area contributed by atoms with Crippen LogP contribution in [0.2, 0.25) is 0 Å². The van der Waals surface area contributed by atoms with E-state index in [0.717, 1.165) is 37.2 Å². The van der Waals surface area contributed by atoms with Crippen LogP contribution in [-0.4, -0.2) is 22.0 Å². The topological polar surface area (TPSA) is 63.7 Å². The first-order chi connectivity index (χ1) is 17.0. The molecule has 1 heterocycles. The summed E-state index contributed by atoms with van der Waals surface area (Å²) in [5, 5.41) is 1.79. The Bertz CT molecular complexity index is 1490. The van der Waals surface area contributed by atoms with Gasteiger partial charge in [-0.2, -0.15) is 0 Å². The number of rotatable bonds is 5. The van der Waals surface area contributed by atoms with Crippen LogP contribution in [0.15, 0.2) is 95.9 Å². The number of hydrogen-bond acceptors (Lipinski definition) is 5. The summed E-state index contributed by atoms with van der Waals surface area (Å²) in [4.78, 5) is 39.7. The predicted molar refractivity (Wildman–Crippen MR) is 146 cm³/mol. The Hall–Kier alpha value is -3.43. The van der Waals surface area contributed by atoms with Crippen LogP contribution in [0, 0.1) is 3.57 Å². The molecule has 0 radical (unpaired) electrons. The first-order valence-corrected chi connectivity index (χ1v) is 12.7. The number of ether oxygens (including phenoxy) is 1. The average Bonchev–Trinajstić information content (AvgIpc) is 3.13. The van der Waals surface area contributed by atoms with E-state index >= 15 is 0 Å². The lowest BCUT2D eigenvalue weighted by atomic mass is 10.0. The first-order valence-electron chi connectivity index (χ1n) is 10.8. The molecule has 1 fully saturated rings. The molecule has 0 aromatic heterocycles. The SMILES string of the molecule is O=C(Oc1ccc(/C=C2\SC(=O)N(Cc3cccc4ccccc34)C2=O)cc1)c1ccccc1I. The molecule has 2 amide bonds. The van der Waals surface area contributed by atoms with E-state index < -0.39 is 5.97 Å². The van der Waals surface area contributed by atoms with Gasteiger partial charge in [-0.1, -0.05) is 66.7 Å². The molecular formula is C28H18INO4S. The van der Waals surface area contributed by atoms with Crippen molar-refractivity contribution < 1.29 is 19.1 Å². The van der Waals surface area contributed by atoms with Gasteiger partial charge in [-0.15, -0.1) is 0 Å². The molecule has 1 saturated heterocycles. The molecular weight excluding hydrogens is 573 g/mol. The van der Waals surface area contributed by atoms with Gasteiger partial charge in [0.05, 0.1) is 17.0 Å². The van der Waals surface area contributed by atoms with Gasteiger partial charge in [-0.25, -0.2) is 4.79 Å². The Kier molecular flexibility index (Phi) is 6.70. The smallest absolute Gasteiger partial charge is 0.344 e. The fraction of sp³-hybridized carbons (Fsp3) is 0.0357. The van der Waals surface area contributed by atoms with Crippen LogP contribution < -0.4 is 4.74 Å². The van der Waals surface area contributed by atoms with Crippen LogP contribution in [0.3, 0.4) is 0 Å². The molecule has 0 unspecified atom stereocenters. The van der Waals surface area contributed by atoms with Gasteiger partial charge in [-0.05, 0) is 86.6 Å². The Morgan fingerprint density at radius 3 is 2.40 bits per heavy atom. The number of carbonyl (C=O) groups is 3. The van der Waals surface area contributed by atoms with Gasteiger partial charge in [0.1, 0.15) is 5.75 Å². The van der Waals surface area contributed by atoms with Crippen LogP contribution in [0.1, 0.15) is 21.5 Å². The third-order valence-corrected chi connectivity index (χ3v) is 7.41. The zero-order valence-corrected chi connectivity index (χ0v) is 21.3. The number of thioether (sulfide) groups is 1. The molecule has 4 aromatic carbocycles. The van der Waals surface area contributed by atoms with Crippen molar-refractivity contribution in [1.29, 1.82) is 0 Å². The summed E-state index contributed by atoms with van der Waals surface area (Å²) in [6.45, 7) is 0.219. The fourth-order valence-corrected chi connectivity index (χ4v) is 5.26. The highest BCUT2D eigenvalue weighted by atomic mass is 127.